The van der Waals surface area contributed by atoms with E-state index in [-0.39, 0.29) is 33.6 Å². The van der Waals surface area contributed by atoms with Crippen molar-refractivity contribution in [1.29, 1.82) is 0 Å². The van der Waals surface area contributed by atoms with Gasteiger partial charge < -0.3 is 90.4 Å². The highest BCUT2D eigenvalue weighted by Crippen LogP contribution is 2.58. The molecule has 2 aliphatic heterocycles. The molecule has 0 spiro atoms. The van der Waals surface area contributed by atoms with Gasteiger partial charge in [0.05, 0.1) is 23.1 Å². The largest absolute Gasteiger partial charge is 0.508 e. The normalized spacial score (nSPS) is 18.7. The third-order valence-electron chi connectivity index (χ3n) is 10.7. The zero-order valence-electron chi connectivity index (χ0n) is 32.3. The summed E-state index contributed by atoms with van der Waals surface area (Å²) in [6, 6.07) is 12.6. The second-order valence-electron chi connectivity index (χ2n) is 14.8. The van der Waals surface area contributed by atoms with Crippen LogP contribution in [0.25, 0.3) is 0 Å². The number of rotatable bonds is 7. The van der Waals surface area contributed by atoms with Crippen molar-refractivity contribution in [3.63, 3.8) is 0 Å². The van der Waals surface area contributed by atoms with Crippen LogP contribution in [0.15, 0.2) is 78.9 Å². The molecular weight excluding hydrogens is 848 g/mol. The Balaban J connectivity index is 1.38. The highest BCUT2D eigenvalue weighted by atomic mass is 16.6. The Kier molecular flexibility index (Phi) is 10.2. The molecule has 0 unspecified atom stereocenters. The van der Waals surface area contributed by atoms with Crippen LogP contribution in [0.4, 0.5) is 0 Å². The summed E-state index contributed by atoms with van der Waals surface area (Å²) in [6.07, 6.45) is -7.01. The fourth-order valence-electron chi connectivity index (χ4n) is 7.69. The first-order valence-electron chi connectivity index (χ1n) is 18.7. The number of phenols is 13. The van der Waals surface area contributed by atoms with Crippen LogP contribution in [0.1, 0.15) is 66.7 Å². The Labute approximate surface area is 358 Å². The van der Waals surface area contributed by atoms with Crippen LogP contribution in [0, 0.1) is 0 Å². The highest BCUT2D eigenvalue weighted by Gasteiger charge is 2.49. The minimum Gasteiger partial charge on any atom is -0.508 e. The van der Waals surface area contributed by atoms with E-state index in [2.05, 4.69) is 0 Å². The molecule has 6 aromatic carbocycles. The molecule has 5 atom stereocenters. The van der Waals surface area contributed by atoms with Crippen LogP contribution in [-0.4, -0.2) is 95.6 Å². The predicted molar refractivity (Wildman–Crippen MR) is 213 cm³/mol. The molecule has 0 aromatic heterocycles. The second-order valence-corrected chi connectivity index (χ2v) is 14.8. The quantitative estimate of drug-likeness (QED) is 0.0591. The van der Waals surface area contributed by atoms with Gasteiger partial charge in [-0.1, -0.05) is 12.1 Å². The first kappa shape index (κ1) is 41.9. The van der Waals surface area contributed by atoms with Gasteiger partial charge in [0.2, 0.25) is 0 Å². The van der Waals surface area contributed by atoms with Gasteiger partial charge in [0.25, 0.3) is 0 Å². The fraction of sp³-hybridized carbons (Fsp3) is 0.136. The number of carbonyl (C=O) groups excluding carboxylic acids is 2. The average molecular weight is 883 g/mol. The summed E-state index contributed by atoms with van der Waals surface area (Å²) in [6.45, 7) is 0. The van der Waals surface area contributed by atoms with Crippen LogP contribution >= 0.6 is 0 Å². The summed E-state index contributed by atoms with van der Waals surface area (Å²) >= 11 is 0. The minimum atomic E-state index is -1.87. The van der Waals surface area contributed by atoms with Crippen LogP contribution in [-0.2, 0) is 11.2 Å². The van der Waals surface area contributed by atoms with Gasteiger partial charge in [-0.2, -0.15) is 0 Å². The molecule has 0 amide bonds. The Bertz CT molecular complexity index is 2860. The van der Waals surface area contributed by atoms with Gasteiger partial charge in [0.1, 0.15) is 40.6 Å². The SMILES string of the molecule is O=C(Oc1cc(O)c([C@@H]2c3c(O)cc(O)cc3O[C@H](c3ccc(O)c(O)c3)[C@H]2OC(=O)c2cc(O)c(O)c(O)c2)c2c1C[C@H](O)[C@@H](c1ccc(O)c(O)c1)O2)c1cc(O)c(O)c(O)c1. The van der Waals surface area contributed by atoms with Gasteiger partial charge in [0, 0.05) is 46.9 Å². The number of esters is 2. The Morgan fingerprint density at radius 1 is 0.516 bits per heavy atom. The molecule has 6 aromatic rings. The first-order chi connectivity index (χ1) is 30.3. The Morgan fingerprint density at radius 3 is 1.58 bits per heavy atom. The molecule has 0 aliphatic carbocycles. The van der Waals surface area contributed by atoms with Gasteiger partial charge >= 0.3 is 11.9 Å². The van der Waals surface area contributed by atoms with E-state index in [1.807, 2.05) is 0 Å². The third kappa shape index (κ3) is 7.28. The number of aromatic hydroxyl groups is 13. The topological polar surface area (TPSA) is 354 Å². The number of hydrogen-bond donors (Lipinski definition) is 14. The van der Waals surface area contributed by atoms with E-state index >= 15 is 0 Å². The summed E-state index contributed by atoms with van der Waals surface area (Å²) in [5, 5.41) is 148. The average Bonchev–Trinajstić information content (AvgIpc) is 3.23. The van der Waals surface area contributed by atoms with Gasteiger partial charge in [0.15, 0.2) is 69.7 Å². The Morgan fingerprint density at radius 2 is 1.03 bits per heavy atom. The summed E-state index contributed by atoms with van der Waals surface area (Å²) in [7, 11) is 0. The summed E-state index contributed by atoms with van der Waals surface area (Å²) in [5.74, 6) is -15.6. The van der Waals surface area contributed by atoms with Gasteiger partial charge in [-0.05, 0) is 54.1 Å². The lowest BCUT2D eigenvalue weighted by Gasteiger charge is -2.41. The van der Waals surface area contributed by atoms with E-state index in [0.29, 0.717) is 0 Å². The number of phenolic OH excluding ortho intramolecular Hbond substituents is 13. The minimum absolute atomic E-state index is 0.0314. The number of hydrogen-bond acceptors (Lipinski definition) is 20. The summed E-state index contributed by atoms with van der Waals surface area (Å²) in [5.41, 5.74) is -1.88. The van der Waals surface area contributed by atoms with Crippen LogP contribution in [0.3, 0.4) is 0 Å². The Hall–Kier alpha value is -8.78. The van der Waals surface area contributed by atoms with E-state index in [1.54, 1.807) is 0 Å². The lowest BCUT2D eigenvalue weighted by atomic mass is 9.77. The van der Waals surface area contributed by atoms with Crippen LogP contribution in [0.5, 0.6) is 92.0 Å². The standard InChI is InChI=1S/C44H34O20/c45-19-11-25(50)34-33(12-19)61-40(16-2-4-22(47)24(49)6-16)42(64-44(60)18-9-29(54)38(58)30(55)10-18)36(34)35-26(51)14-32(62-43(59)17-7-27(52)37(57)28(53)8-17)20-13-31(56)39(63-41(20)35)15-1-3-21(46)23(48)5-15/h1-12,14,31,36,39-40,42,45-58H,13H2/t31-,36-,39+,40+,42-/m0/s1. The number of benzene rings is 6. The van der Waals surface area contributed by atoms with Crippen LogP contribution < -0.4 is 14.2 Å². The molecule has 20 nitrogen and oxygen atoms in total. The van der Waals surface area contributed by atoms with Crippen molar-refractivity contribution in [2.75, 3.05) is 0 Å². The van der Waals surface area contributed by atoms with Crippen LogP contribution in [0.2, 0.25) is 0 Å². The molecule has 2 heterocycles. The molecule has 0 fully saturated rings. The maximum Gasteiger partial charge on any atom is 0.343 e. The van der Waals surface area contributed by atoms with Crippen molar-refractivity contribution in [2.24, 2.45) is 0 Å². The zero-order valence-corrected chi connectivity index (χ0v) is 32.3. The van der Waals surface area contributed by atoms with E-state index in [9.17, 15) is 81.1 Å². The molecule has 20 heteroatoms. The van der Waals surface area contributed by atoms with Crippen molar-refractivity contribution in [3.8, 4) is 92.0 Å². The van der Waals surface area contributed by atoms with Gasteiger partial charge in [-0.25, -0.2) is 9.59 Å². The first-order valence-corrected chi connectivity index (χ1v) is 18.7. The molecular formula is C44H34O20. The molecule has 0 saturated heterocycles. The third-order valence-corrected chi connectivity index (χ3v) is 10.7. The van der Waals surface area contributed by atoms with Crippen molar-refractivity contribution >= 4 is 11.9 Å². The van der Waals surface area contributed by atoms with Crippen molar-refractivity contribution < 1.29 is 100 Å². The predicted octanol–water partition coefficient (Wildman–Crippen LogP) is 4.61. The molecule has 0 saturated carbocycles. The van der Waals surface area contributed by atoms with Crippen molar-refractivity contribution in [1.82, 2.24) is 0 Å². The summed E-state index contributed by atoms with van der Waals surface area (Å²) in [4.78, 5) is 27.6. The van der Waals surface area contributed by atoms with Crippen molar-refractivity contribution in [3.05, 3.63) is 118 Å². The molecule has 330 valence electrons. The lowest BCUT2D eigenvalue weighted by molar-refractivity contribution is -0.0285. The molecule has 0 bridgehead atoms. The number of carbonyl (C=O) groups is 2. The molecule has 2 aliphatic rings. The smallest absolute Gasteiger partial charge is 0.343 e. The second kappa shape index (κ2) is 15.6. The molecule has 8 rings (SSSR count). The monoisotopic (exact) mass is 882 g/mol. The number of aliphatic hydroxyl groups is 1. The van der Waals surface area contributed by atoms with E-state index < -0.39 is 146 Å². The van der Waals surface area contributed by atoms with Crippen molar-refractivity contribution in [2.45, 2.75) is 36.8 Å². The maximum absolute atomic E-state index is 14.1. The van der Waals surface area contributed by atoms with Gasteiger partial charge in [-0.15, -0.1) is 0 Å². The highest BCUT2D eigenvalue weighted by molar-refractivity contribution is 5.93. The van der Waals surface area contributed by atoms with E-state index in [4.69, 9.17) is 18.9 Å². The number of fused-ring (bicyclic) bond motifs is 2. The number of ether oxygens (including phenoxy) is 4. The molecule has 0 radical (unpaired) electrons. The molecule has 64 heavy (non-hydrogen) atoms. The zero-order chi connectivity index (χ0) is 46.0. The van der Waals surface area contributed by atoms with E-state index in [0.717, 1.165) is 66.7 Å². The fourth-order valence-corrected chi connectivity index (χ4v) is 7.69. The summed E-state index contributed by atoms with van der Waals surface area (Å²) < 4.78 is 24.3. The number of aliphatic hydroxyl groups excluding tert-OH is 1. The molecule has 14 N–H and O–H groups in total. The lowest BCUT2D eigenvalue weighted by Crippen LogP contribution is -2.40. The van der Waals surface area contributed by atoms with Gasteiger partial charge in [-0.3, -0.25) is 0 Å². The maximum atomic E-state index is 14.1. The van der Waals surface area contributed by atoms with E-state index in [1.165, 1.54) is 12.1 Å².